The number of esters is 2. The molecule has 24 heavy (non-hydrogen) atoms. The molecule has 1 amide bonds. The van der Waals surface area contributed by atoms with Gasteiger partial charge in [0.1, 0.15) is 12.4 Å². The van der Waals surface area contributed by atoms with Gasteiger partial charge in [0.2, 0.25) is 5.91 Å². The van der Waals surface area contributed by atoms with Crippen molar-refractivity contribution < 1.29 is 28.6 Å². The van der Waals surface area contributed by atoms with E-state index >= 15 is 0 Å². The first-order valence-corrected chi connectivity index (χ1v) is 7.13. The number of methoxy groups -OCH3 is 2. The molecule has 0 atom stereocenters. The Morgan fingerprint density at radius 2 is 1.88 bits per heavy atom. The van der Waals surface area contributed by atoms with Crippen molar-refractivity contribution in [2.45, 2.75) is 0 Å². The molecule has 8 nitrogen and oxygen atoms in total. The number of anilines is 1. The van der Waals surface area contributed by atoms with Crippen molar-refractivity contribution in [3.63, 3.8) is 0 Å². The number of ether oxygens (including phenoxy) is 3. The van der Waals surface area contributed by atoms with E-state index in [0.717, 1.165) is 0 Å². The van der Waals surface area contributed by atoms with Gasteiger partial charge < -0.3 is 24.8 Å². The smallest absolute Gasteiger partial charge is 0.355 e. The van der Waals surface area contributed by atoms with Gasteiger partial charge in [-0.05, 0) is 18.2 Å². The fourth-order valence-electron chi connectivity index (χ4n) is 2.21. The minimum atomic E-state index is -0.765. The largest absolute Gasteiger partial charge is 0.466 e. The summed E-state index contributed by atoms with van der Waals surface area (Å²) in [6.07, 6.45) is 0. The molecule has 1 aromatic rings. The van der Waals surface area contributed by atoms with Crippen LogP contribution in [0.15, 0.2) is 29.5 Å². The molecule has 9 heteroatoms. The van der Waals surface area contributed by atoms with Gasteiger partial charge in [-0.25, -0.2) is 9.59 Å². The molecule has 1 aromatic carbocycles. The second kappa shape index (κ2) is 7.33. The van der Waals surface area contributed by atoms with E-state index < -0.39 is 17.8 Å². The number of benzene rings is 1. The maximum absolute atomic E-state index is 12.2. The predicted molar refractivity (Wildman–Crippen MR) is 84.3 cm³/mol. The fourth-order valence-corrected chi connectivity index (χ4v) is 2.43. The minimum Gasteiger partial charge on any atom is -0.466 e. The van der Waals surface area contributed by atoms with Crippen LogP contribution in [-0.4, -0.2) is 45.4 Å². The molecular weight excluding hydrogens is 340 g/mol. The number of carbonyl (C=O) groups excluding carboxylic acids is 3. The molecule has 0 saturated heterocycles. The summed E-state index contributed by atoms with van der Waals surface area (Å²) in [5.74, 6) is -2.16. The summed E-state index contributed by atoms with van der Waals surface area (Å²) < 4.78 is 14.8. The fraction of sp³-hybridized carbons (Fsp3) is 0.267. The van der Waals surface area contributed by atoms with Crippen molar-refractivity contribution in [3.8, 4) is 0 Å². The monoisotopic (exact) mass is 354 g/mol. The summed E-state index contributed by atoms with van der Waals surface area (Å²) in [6.45, 7) is -0.201. The quantitative estimate of drug-likeness (QED) is 0.798. The van der Waals surface area contributed by atoms with Crippen LogP contribution in [0.4, 0.5) is 5.69 Å². The van der Waals surface area contributed by atoms with Gasteiger partial charge >= 0.3 is 11.9 Å². The highest BCUT2D eigenvalue weighted by Crippen LogP contribution is 2.33. The average Bonchev–Trinajstić information content (AvgIpc) is 2.59. The van der Waals surface area contributed by atoms with Gasteiger partial charge in [-0.1, -0.05) is 11.6 Å². The molecule has 128 valence electrons. The predicted octanol–water partition coefficient (Wildman–Crippen LogP) is 0.833. The van der Waals surface area contributed by atoms with Crippen LogP contribution in [-0.2, 0) is 23.8 Å². The Morgan fingerprint density at radius 3 is 2.46 bits per heavy atom. The topological polar surface area (TPSA) is 108 Å². The lowest BCUT2D eigenvalue weighted by molar-refractivity contribution is -0.140. The molecule has 0 aliphatic carbocycles. The lowest BCUT2D eigenvalue weighted by Gasteiger charge is -2.32. The van der Waals surface area contributed by atoms with Gasteiger partial charge in [0, 0.05) is 5.56 Å². The molecule has 0 aromatic heterocycles. The van der Waals surface area contributed by atoms with E-state index in [1.54, 1.807) is 0 Å². The van der Waals surface area contributed by atoms with E-state index in [-0.39, 0.29) is 40.9 Å². The Kier molecular flexibility index (Phi) is 5.42. The Morgan fingerprint density at radius 1 is 1.21 bits per heavy atom. The van der Waals surface area contributed by atoms with Gasteiger partial charge in [-0.15, -0.1) is 0 Å². The Labute approximate surface area is 142 Å². The van der Waals surface area contributed by atoms with Crippen molar-refractivity contribution in [2.24, 2.45) is 5.73 Å². The second-order valence-electron chi connectivity index (χ2n) is 4.75. The van der Waals surface area contributed by atoms with Crippen LogP contribution < -0.4 is 10.6 Å². The lowest BCUT2D eigenvalue weighted by atomic mass is 10.1. The van der Waals surface area contributed by atoms with E-state index in [9.17, 15) is 14.4 Å². The summed E-state index contributed by atoms with van der Waals surface area (Å²) in [5, 5.41) is 0.233. The van der Waals surface area contributed by atoms with E-state index in [2.05, 4.69) is 4.74 Å². The molecule has 0 fully saturated rings. The zero-order chi connectivity index (χ0) is 17.9. The third-order valence-corrected chi connectivity index (χ3v) is 3.67. The number of primary amides is 1. The molecule has 1 aliphatic heterocycles. The number of nitrogens with two attached hydrogens (primary N) is 1. The first-order chi connectivity index (χ1) is 11.4. The van der Waals surface area contributed by atoms with Crippen molar-refractivity contribution in [1.82, 2.24) is 0 Å². The number of hydrogen-bond donors (Lipinski definition) is 1. The summed E-state index contributed by atoms with van der Waals surface area (Å²) in [6, 6.07) is 4.30. The van der Waals surface area contributed by atoms with Crippen molar-refractivity contribution in [1.29, 1.82) is 0 Å². The van der Waals surface area contributed by atoms with Gasteiger partial charge in [0.25, 0.3) is 0 Å². The third-order valence-electron chi connectivity index (χ3n) is 3.35. The highest BCUT2D eigenvalue weighted by Gasteiger charge is 2.33. The van der Waals surface area contributed by atoms with Crippen molar-refractivity contribution in [2.75, 3.05) is 32.5 Å². The zero-order valence-electron chi connectivity index (χ0n) is 13.0. The summed E-state index contributed by atoms with van der Waals surface area (Å²) in [5.41, 5.74) is 5.64. The number of amides is 1. The van der Waals surface area contributed by atoms with Crippen LogP contribution in [0.25, 0.3) is 0 Å². The molecule has 1 heterocycles. The molecule has 0 radical (unpaired) electrons. The Bertz CT molecular complexity index is 731. The SMILES string of the molecule is COC(=O)C1=C(C(=O)OC)N(c2cc(C(N)=O)ccc2Cl)COC1. The van der Waals surface area contributed by atoms with E-state index in [1.807, 2.05) is 0 Å². The molecule has 1 aliphatic rings. The molecule has 0 spiro atoms. The first kappa shape index (κ1) is 17.8. The van der Waals surface area contributed by atoms with Gasteiger partial charge in [0.15, 0.2) is 0 Å². The standard InChI is InChI=1S/C15H15ClN2O6/c1-22-14(20)9-6-24-7-18(12(9)15(21)23-2)11-5-8(13(17)19)3-4-10(11)16/h3-5H,6-7H2,1-2H3,(H2,17,19). The van der Waals surface area contributed by atoms with Crippen LogP contribution in [0.3, 0.4) is 0 Å². The molecule has 0 unspecified atom stereocenters. The van der Waals surface area contributed by atoms with E-state index in [0.29, 0.717) is 0 Å². The number of halogens is 1. The van der Waals surface area contributed by atoms with Crippen molar-refractivity contribution >= 4 is 35.1 Å². The van der Waals surface area contributed by atoms with Gasteiger partial charge in [-0.3, -0.25) is 4.79 Å². The molecule has 2 rings (SSSR count). The number of nitrogens with zero attached hydrogens (tertiary/aromatic N) is 1. The highest BCUT2D eigenvalue weighted by molar-refractivity contribution is 6.33. The molecule has 0 saturated carbocycles. The molecule has 0 bridgehead atoms. The third kappa shape index (κ3) is 3.34. The summed E-state index contributed by atoms with van der Waals surface area (Å²) >= 11 is 6.17. The number of hydrogen-bond acceptors (Lipinski definition) is 7. The normalized spacial score (nSPS) is 14.4. The van der Waals surface area contributed by atoms with Gasteiger partial charge in [0.05, 0.1) is 37.1 Å². The van der Waals surface area contributed by atoms with Crippen LogP contribution in [0.1, 0.15) is 10.4 Å². The second-order valence-corrected chi connectivity index (χ2v) is 5.15. The average molecular weight is 355 g/mol. The van der Waals surface area contributed by atoms with Crippen LogP contribution in [0.5, 0.6) is 0 Å². The Balaban J connectivity index is 2.63. The van der Waals surface area contributed by atoms with Crippen LogP contribution >= 0.6 is 11.6 Å². The molecule has 2 N–H and O–H groups in total. The first-order valence-electron chi connectivity index (χ1n) is 6.75. The van der Waals surface area contributed by atoms with E-state index in [1.165, 1.54) is 37.3 Å². The highest BCUT2D eigenvalue weighted by atomic mass is 35.5. The van der Waals surface area contributed by atoms with Crippen molar-refractivity contribution in [3.05, 3.63) is 40.1 Å². The minimum absolute atomic E-state index is 0.0175. The van der Waals surface area contributed by atoms with Crippen LogP contribution in [0.2, 0.25) is 5.02 Å². The maximum atomic E-state index is 12.2. The molecular formula is C15H15ClN2O6. The summed E-state index contributed by atoms with van der Waals surface area (Å²) in [7, 11) is 2.36. The number of rotatable bonds is 4. The van der Waals surface area contributed by atoms with E-state index in [4.69, 9.17) is 26.8 Å². The maximum Gasteiger partial charge on any atom is 0.355 e. The van der Waals surface area contributed by atoms with Gasteiger partial charge in [-0.2, -0.15) is 0 Å². The Hall–Kier alpha value is -2.58. The number of carbonyl (C=O) groups is 3. The summed E-state index contributed by atoms with van der Waals surface area (Å²) in [4.78, 5) is 36.8. The van der Waals surface area contributed by atoms with Crippen LogP contribution in [0, 0.1) is 0 Å². The lowest BCUT2D eigenvalue weighted by Crippen LogP contribution is -2.39. The zero-order valence-corrected chi connectivity index (χ0v) is 13.8.